The first-order valence-electron chi connectivity index (χ1n) is 6.21. The molecule has 1 fully saturated rings. The monoisotopic (exact) mass is 238 g/mol. The van der Waals surface area contributed by atoms with E-state index in [9.17, 15) is 5.11 Å². The normalized spacial score (nSPS) is 20.4. The molecule has 1 aliphatic carbocycles. The molecule has 1 nitrogen and oxygen atoms in total. The predicted octanol–water partition coefficient (Wildman–Crippen LogP) is 4.34. The fourth-order valence-electron chi connectivity index (χ4n) is 2.56. The average Bonchev–Trinajstić information content (AvgIpc) is 2.57. The van der Waals surface area contributed by atoms with Gasteiger partial charge < -0.3 is 5.11 Å². The van der Waals surface area contributed by atoms with Crippen LogP contribution in [0.15, 0.2) is 24.3 Å². The molecular formula is C14H19ClO. The predicted molar refractivity (Wildman–Crippen MR) is 67.6 cm³/mol. The lowest BCUT2D eigenvalue weighted by Crippen LogP contribution is -2.11. The van der Waals surface area contributed by atoms with Gasteiger partial charge in [-0.1, -0.05) is 49.4 Å². The molecule has 0 amide bonds. The Morgan fingerprint density at radius 3 is 2.12 bits per heavy atom. The third-order valence-electron chi connectivity index (χ3n) is 3.56. The maximum Gasteiger partial charge on any atom is 0.0818 e. The fourth-order valence-corrected chi connectivity index (χ4v) is 2.68. The number of benzene rings is 1. The first-order valence-corrected chi connectivity index (χ1v) is 6.59. The average molecular weight is 239 g/mol. The Kier molecular flexibility index (Phi) is 4.25. The van der Waals surface area contributed by atoms with Crippen molar-refractivity contribution in [3.8, 4) is 0 Å². The molecule has 1 aliphatic rings. The highest BCUT2D eigenvalue weighted by Crippen LogP contribution is 2.33. The Morgan fingerprint density at radius 1 is 1.00 bits per heavy atom. The molecule has 0 heterocycles. The maximum atomic E-state index is 10.3. The molecule has 1 N–H and O–H groups in total. The molecule has 1 atom stereocenters. The number of halogens is 1. The summed E-state index contributed by atoms with van der Waals surface area (Å²) < 4.78 is 0. The van der Waals surface area contributed by atoms with Crippen LogP contribution in [0.3, 0.4) is 0 Å². The smallest absolute Gasteiger partial charge is 0.0818 e. The highest BCUT2D eigenvalue weighted by molar-refractivity contribution is 6.30. The second-order valence-corrected chi connectivity index (χ2v) is 5.18. The van der Waals surface area contributed by atoms with E-state index in [1.54, 1.807) is 0 Å². The molecule has 0 spiro atoms. The molecule has 1 aromatic carbocycles. The van der Waals surface area contributed by atoms with Crippen LogP contribution in [-0.4, -0.2) is 5.11 Å². The van der Waals surface area contributed by atoms with E-state index in [0.29, 0.717) is 5.92 Å². The van der Waals surface area contributed by atoms with Crippen LogP contribution in [0.1, 0.15) is 50.2 Å². The Bertz CT molecular complexity index is 312. The van der Waals surface area contributed by atoms with Crippen molar-refractivity contribution >= 4 is 11.6 Å². The zero-order valence-corrected chi connectivity index (χ0v) is 10.3. The SMILES string of the molecule is O[C@@H](c1ccc(Cl)cc1)C1CCCCCC1. The van der Waals surface area contributed by atoms with Crippen LogP contribution in [0.4, 0.5) is 0 Å². The van der Waals surface area contributed by atoms with Crippen molar-refractivity contribution in [2.45, 2.75) is 44.6 Å². The number of aliphatic hydroxyl groups is 1. The summed E-state index contributed by atoms with van der Waals surface area (Å²) in [6.07, 6.45) is 7.17. The highest BCUT2D eigenvalue weighted by Gasteiger charge is 2.21. The van der Waals surface area contributed by atoms with Gasteiger partial charge in [-0.05, 0) is 36.5 Å². The van der Waals surface area contributed by atoms with E-state index in [-0.39, 0.29) is 6.10 Å². The van der Waals surface area contributed by atoms with Gasteiger partial charge >= 0.3 is 0 Å². The molecule has 0 saturated heterocycles. The van der Waals surface area contributed by atoms with E-state index in [0.717, 1.165) is 23.4 Å². The van der Waals surface area contributed by atoms with E-state index >= 15 is 0 Å². The minimum atomic E-state index is -0.310. The van der Waals surface area contributed by atoms with Crippen molar-refractivity contribution in [3.63, 3.8) is 0 Å². The number of aliphatic hydroxyl groups excluding tert-OH is 1. The fraction of sp³-hybridized carbons (Fsp3) is 0.571. The van der Waals surface area contributed by atoms with E-state index in [2.05, 4.69) is 0 Å². The molecule has 16 heavy (non-hydrogen) atoms. The van der Waals surface area contributed by atoms with Crippen molar-refractivity contribution in [2.24, 2.45) is 5.92 Å². The van der Waals surface area contributed by atoms with Crippen molar-refractivity contribution in [1.29, 1.82) is 0 Å². The van der Waals surface area contributed by atoms with Crippen LogP contribution < -0.4 is 0 Å². The van der Waals surface area contributed by atoms with Crippen molar-refractivity contribution in [2.75, 3.05) is 0 Å². The topological polar surface area (TPSA) is 20.2 Å². The Morgan fingerprint density at radius 2 is 1.56 bits per heavy atom. The van der Waals surface area contributed by atoms with Gasteiger partial charge in [0.15, 0.2) is 0 Å². The summed E-state index contributed by atoms with van der Waals surface area (Å²) >= 11 is 5.85. The summed E-state index contributed by atoms with van der Waals surface area (Å²) in [7, 11) is 0. The summed E-state index contributed by atoms with van der Waals surface area (Å²) in [5.41, 5.74) is 1.01. The molecule has 88 valence electrons. The van der Waals surface area contributed by atoms with Crippen LogP contribution in [0.25, 0.3) is 0 Å². The van der Waals surface area contributed by atoms with Gasteiger partial charge in [-0.2, -0.15) is 0 Å². The van der Waals surface area contributed by atoms with Gasteiger partial charge in [-0.15, -0.1) is 0 Å². The van der Waals surface area contributed by atoms with Crippen LogP contribution in [0.2, 0.25) is 5.02 Å². The van der Waals surface area contributed by atoms with Crippen LogP contribution in [0, 0.1) is 5.92 Å². The van der Waals surface area contributed by atoms with E-state index < -0.39 is 0 Å². The molecule has 1 aromatic rings. The lowest BCUT2D eigenvalue weighted by atomic mass is 9.89. The molecule has 2 rings (SSSR count). The standard InChI is InChI=1S/C14H19ClO/c15-13-9-7-12(8-10-13)14(16)11-5-3-1-2-4-6-11/h7-11,14,16H,1-6H2/t14-/m1/s1. The molecular weight excluding hydrogens is 220 g/mol. The summed E-state index contributed by atoms with van der Waals surface area (Å²) in [6, 6.07) is 7.60. The minimum Gasteiger partial charge on any atom is -0.388 e. The van der Waals surface area contributed by atoms with Gasteiger partial charge in [-0.25, -0.2) is 0 Å². The third-order valence-corrected chi connectivity index (χ3v) is 3.81. The van der Waals surface area contributed by atoms with E-state index in [4.69, 9.17) is 11.6 Å². The number of hydrogen-bond acceptors (Lipinski definition) is 1. The molecule has 2 heteroatoms. The first-order chi connectivity index (χ1) is 7.77. The van der Waals surface area contributed by atoms with Crippen LogP contribution >= 0.6 is 11.6 Å². The largest absolute Gasteiger partial charge is 0.388 e. The summed E-state index contributed by atoms with van der Waals surface area (Å²) in [5, 5.41) is 11.1. The number of hydrogen-bond donors (Lipinski definition) is 1. The zero-order valence-electron chi connectivity index (χ0n) is 9.53. The summed E-state index contributed by atoms with van der Waals surface area (Å²) in [4.78, 5) is 0. The van der Waals surface area contributed by atoms with Crippen molar-refractivity contribution in [1.82, 2.24) is 0 Å². The van der Waals surface area contributed by atoms with Crippen LogP contribution in [0.5, 0.6) is 0 Å². The molecule has 0 bridgehead atoms. The van der Waals surface area contributed by atoms with Crippen LogP contribution in [-0.2, 0) is 0 Å². The maximum absolute atomic E-state index is 10.3. The van der Waals surface area contributed by atoms with Gasteiger partial charge in [-0.3, -0.25) is 0 Å². The Balaban J connectivity index is 2.04. The van der Waals surface area contributed by atoms with Gasteiger partial charge in [0.05, 0.1) is 6.10 Å². The number of rotatable bonds is 2. The Hall–Kier alpha value is -0.530. The second-order valence-electron chi connectivity index (χ2n) is 4.75. The van der Waals surface area contributed by atoms with Crippen molar-refractivity contribution < 1.29 is 5.11 Å². The molecule has 0 radical (unpaired) electrons. The molecule has 0 aromatic heterocycles. The first kappa shape index (κ1) is 11.9. The zero-order chi connectivity index (χ0) is 11.4. The lowest BCUT2D eigenvalue weighted by molar-refractivity contribution is 0.0988. The second kappa shape index (κ2) is 5.70. The van der Waals surface area contributed by atoms with Crippen molar-refractivity contribution in [3.05, 3.63) is 34.9 Å². The minimum absolute atomic E-state index is 0.310. The van der Waals surface area contributed by atoms with Gasteiger partial charge in [0.2, 0.25) is 0 Å². The molecule has 1 saturated carbocycles. The summed E-state index contributed by atoms with van der Waals surface area (Å²) in [6.45, 7) is 0. The van der Waals surface area contributed by atoms with E-state index in [1.807, 2.05) is 24.3 Å². The Labute approximate surface area is 102 Å². The van der Waals surface area contributed by atoms with Gasteiger partial charge in [0.1, 0.15) is 0 Å². The molecule has 0 aliphatic heterocycles. The van der Waals surface area contributed by atoms with E-state index in [1.165, 1.54) is 25.7 Å². The highest BCUT2D eigenvalue weighted by atomic mass is 35.5. The quantitative estimate of drug-likeness (QED) is 0.760. The summed E-state index contributed by atoms with van der Waals surface area (Å²) in [5.74, 6) is 0.434. The van der Waals surface area contributed by atoms with Gasteiger partial charge in [0, 0.05) is 5.02 Å². The van der Waals surface area contributed by atoms with Gasteiger partial charge in [0.25, 0.3) is 0 Å². The lowest BCUT2D eigenvalue weighted by Gasteiger charge is -2.21. The molecule has 0 unspecified atom stereocenters. The third kappa shape index (κ3) is 2.99.